The maximum absolute atomic E-state index is 12.6. The molecule has 2 fully saturated rings. The van der Waals surface area contributed by atoms with Crippen LogP contribution in [-0.2, 0) is 16.1 Å². The summed E-state index contributed by atoms with van der Waals surface area (Å²) in [5, 5.41) is 12.4. The van der Waals surface area contributed by atoms with Crippen LogP contribution in [0.1, 0.15) is 37.8 Å². The monoisotopic (exact) mass is 345 g/mol. The maximum Gasteiger partial charge on any atom is 0.307 e. The van der Waals surface area contributed by atoms with E-state index in [0.29, 0.717) is 32.0 Å². The van der Waals surface area contributed by atoms with Crippen LogP contribution in [0.2, 0.25) is 0 Å². The predicted octanol–water partition coefficient (Wildman–Crippen LogP) is 1.91. The number of carboxylic acids is 1. The molecule has 136 valence electrons. The number of likely N-dealkylation sites (tertiary alicyclic amines) is 1. The second-order valence-electron chi connectivity index (χ2n) is 7.38. The Morgan fingerprint density at radius 2 is 1.96 bits per heavy atom. The first-order valence-electron chi connectivity index (χ1n) is 9.24. The summed E-state index contributed by atoms with van der Waals surface area (Å²) in [6.45, 7) is 2.54. The highest BCUT2D eigenvalue weighted by Gasteiger charge is 2.36. The molecule has 1 saturated heterocycles. The van der Waals surface area contributed by atoms with E-state index in [-0.39, 0.29) is 11.8 Å². The summed E-state index contributed by atoms with van der Waals surface area (Å²) in [6.07, 6.45) is 7.12. The molecule has 1 aromatic rings. The van der Waals surface area contributed by atoms with Crippen molar-refractivity contribution in [2.75, 3.05) is 19.6 Å². The van der Waals surface area contributed by atoms with E-state index in [1.165, 1.54) is 25.7 Å². The van der Waals surface area contributed by atoms with E-state index in [4.69, 9.17) is 0 Å². The first-order chi connectivity index (χ1) is 12.1. The van der Waals surface area contributed by atoms with Gasteiger partial charge in [0.2, 0.25) is 5.91 Å². The molecular formula is C19H27N3O3. The highest BCUT2D eigenvalue weighted by Crippen LogP contribution is 2.29. The zero-order valence-electron chi connectivity index (χ0n) is 14.6. The summed E-state index contributed by atoms with van der Waals surface area (Å²) < 4.78 is 0. The molecule has 0 radical (unpaired) electrons. The lowest BCUT2D eigenvalue weighted by atomic mass is 9.87. The molecular weight excluding hydrogens is 318 g/mol. The minimum atomic E-state index is -0.793. The van der Waals surface area contributed by atoms with E-state index >= 15 is 0 Å². The number of carbonyl (C=O) groups is 2. The van der Waals surface area contributed by atoms with Crippen LogP contribution in [-0.4, -0.2) is 46.5 Å². The standard InChI is InChI=1S/C19H27N3O3/c23-18(21-10-17-7-3-4-8-20-17)15-9-16(19(24)25)13-22(12-15)11-14-5-1-2-6-14/h3-4,7-8,14-16H,1-2,5-6,9-13H2,(H,21,23)(H,24,25)/t15-,16-/m1/s1. The maximum atomic E-state index is 12.6. The van der Waals surface area contributed by atoms with Gasteiger partial charge in [-0.05, 0) is 37.3 Å². The van der Waals surface area contributed by atoms with Crippen LogP contribution in [0.3, 0.4) is 0 Å². The predicted molar refractivity (Wildman–Crippen MR) is 93.7 cm³/mol. The summed E-state index contributed by atoms with van der Waals surface area (Å²) in [5.74, 6) is -0.919. The molecule has 0 unspecified atom stereocenters. The summed E-state index contributed by atoms with van der Waals surface area (Å²) in [4.78, 5) is 30.5. The van der Waals surface area contributed by atoms with Crippen molar-refractivity contribution < 1.29 is 14.7 Å². The summed E-state index contributed by atoms with van der Waals surface area (Å²) in [5.41, 5.74) is 0.809. The van der Waals surface area contributed by atoms with Gasteiger partial charge in [0.1, 0.15) is 0 Å². The van der Waals surface area contributed by atoms with E-state index in [9.17, 15) is 14.7 Å². The number of aromatic nitrogens is 1. The lowest BCUT2D eigenvalue weighted by Gasteiger charge is -2.36. The van der Waals surface area contributed by atoms with Gasteiger partial charge in [-0.25, -0.2) is 0 Å². The molecule has 6 heteroatoms. The fourth-order valence-electron chi connectivity index (χ4n) is 4.09. The number of rotatable bonds is 6. The van der Waals surface area contributed by atoms with Crippen LogP contribution in [0.15, 0.2) is 24.4 Å². The first kappa shape index (κ1) is 17.9. The molecule has 0 aromatic carbocycles. The Labute approximate surface area is 148 Å². The Balaban J connectivity index is 1.57. The van der Waals surface area contributed by atoms with Crippen molar-refractivity contribution in [1.82, 2.24) is 15.2 Å². The van der Waals surface area contributed by atoms with E-state index in [2.05, 4.69) is 15.2 Å². The molecule has 1 aliphatic heterocycles. The van der Waals surface area contributed by atoms with Gasteiger partial charge in [-0.15, -0.1) is 0 Å². The minimum Gasteiger partial charge on any atom is -0.481 e. The van der Waals surface area contributed by atoms with Crippen molar-refractivity contribution in [2.24, 2.45) is 17.8 Å². The van der Waals surface area contributed by atoms with Gasteiger partial charge in [0.15, 0.2) is 0 Å². The van der Waals surface area contributed by atoms with E-state index in [1.54, 1.807) is 6.20 Å². The lowest BCUT2D eigenvalue weighted by Crippen LogP contribution is -2.49. The zero-order valence-corrected chi connectivity index (χ0v) is 14.6. The molecule has 6 nitrogen and oxygen atoms in total. The zero-order chi connectivity index (χ0) is 17.6. The fourth-order valence-corrected chi connectivity index (χ4v) is 4.09. The Kier molecular flexibility index (Phi) is 6.02. The summed E-state index contributed by atoms with van der Waals surface area (Å²) in [6, 6.07) is 5.59. The number of hydrogen-bond donors (Lipinski definition) is 2. The van der Waals surface area contributed by atoms with Crippen LogP contribution in [0.25, 0.3) is 0 Å². The number of hydrogen-bond acceptors (Lipinski definition) is 4. The van der Waals surface area contributed by atoms with Gasteiger partial charge in [-0.1, -0.05) is 18.9 Å². The van der Waals surface area contributed by atoms with Gasteiger partial charge >= 0.3 is 5.97 Å². The number of aliphatic carboxylic acids is 1. The van der Waals surface area contributed by atoms with Crippen LogP contribution < -0.4 is 5.32 Å². The Morgan fingerprint density at radius 1 is 1.20 bits per heavy atom. The fraction of sp³-hybridized carbons (Fsp3) is 0.632. The van der Waals surface area contributed by atoms with Crippen molar-refractivity contribution in [3.05, 3.63) is 30.1 Å². The Morgan fingerprint density at radius 3 is 2.64 bits per heavy atom. The van der Waals surface area contributed by atoms with Crippen LogP contribution >= 0.6 is 0 Å². The molecule has 2 N–H and O–H groups in total. The third kappa shape index (κ3) is 5.01. The molecule has 1 aliphatic carbocycles. The second-order valence-corrected chi connectivity index (χ2v) is 7.38. The Bertz CT molecular complexity index is 587. The van der Waals surface area contributed by atoms with Crippen molar-refractivity contribution in [3.8, 4) is 0 Å². The summed E-state index contributed by atoms with van der Waals surface area (Å²) in [7, 11) is 0. The molecule has 1 saturated carbocycles. The second kappa shape index (κ2) is 8.43. The molecule has 0 bridgehead atoms. The molecule has 25 heavy (non-hydrogen) atoms. The highest BCUT2D eigenvalue weighted by atomic mass is 16.4. The molecule has 2 heterocycles. The first-order valence-corrected chi connectivity index (χ1v) is 9.24. The molecule has 2 atom stereocenters. The SMILES string of the molecule is O=C(O)[C@@H]1C[C@@H](C(=O)NCc2ccccn2)CN(CC2CCCC2)C1. The number of piperidine rings is 1. The Hall–Kier alpha value is -1.95. The topological polar surface area (TPSA) is 82.5 Å². The van der Waals surface area contributed by atoms with E-state index in [0.717, 1.165) is 12.2 Å². The van der Waals surface area contributed by atoms with Crippen LogP contribution in [0, 0.1) is 17.8 Å². The third-order valence-corrected chi connectivity index (χ3v) is 5.41. The van der Waals surface area contributed by atoms with Crippen molar-refractivity contribution in [3.63, 3.8) is 0 Å². The average Bonchev–Trinajstić information content (AvgIpc) is 3.13. The number of nitrogens with one attached hydrogen (secondary N) is 1. The van der Waals surface area contributed by atoms with E-state index < -0.39 is 11.9 Å². The van der Waals surface area contributed by atoms with E-state index in [1.807, 2.05) is 18.2 Å². The quantitative estimate of drug-likeness (QED) is 0.823. The lowest BCUT2D eigenvalue weighted by molar-refractivity contribution is -0.145. The molecule has 1 amide bonds. The van der Waals surface area contributed by atoms with Crippen molar-refractivity contribution >= 4 is 11.9 Å². The number of pyridine rings is 1. The van der Waals surface area contributed by atoms with Gasteiger partial charge in [-0.3, -0.25) is 14.6 Å². The van der Waals surface area contributed by atoms with Gasteiger partial charge in [-0.2, -0.15) is 0 Å². The van der Waals surface area contributed by atoms with Crippen LogP contribution in [0.4, 0.5) is 0 Å². The average molecular weight is 345 g/mol. The van der Waals surface area contributed by atoms with Gasteiger partial charge in [0.25, 0.3) is 0 Å². The minimum absolute atomic E-state index is 0.0620. The number of carbonyl (C=O) groups excluding carboxylic acids is 1. The summed E-state index contributed by atoms with van der Waals surface area (Å²) >= 11 is 0. The smallest absolute Gasteiger partial charge is 0.307 e. The van der Waals surface area contributed by atoms with Crippen molar-refractivity contribution in [1.29, 1.82) is 0 Å². The van der Waals surface area contributed by atoms with Gasteiger partial charge < -0.3 is 15.3 Å². The number of nitrogens with zero attached hydrogens (tertiary/aromatic N) is 2. The normalized spacial score (nSPS) is 25.0. The van der Waals surface area contributed by atoms with Crippen molar-refractivity contribution in [2.45, 2.75) is 38.6 Å². The van der Waals surface area contributed by atoms with Gasteiger partial charge in [0, 0.05) is 25.8 Å². The molecule has 2 aliphatic rings. The largest absolute Gasteiger partial charge is 0.481 e. The molecule has 0 spiro atoms. The number of carboxylic acid groups (broad SMARTS) is 1. The van der Waals surface area contributed by atoms with Crippen LogP contribution in [0.5, 0.6) is 0 Å². The van der Waals surface area contributed by atoms with Gasteiger partial charge in [0.05, 0.1) is 24.1 Å². The number of amides is 1. The highest BCUT2D eigenvalue weighted by molar-refractivity contribution is 5.80. The molecule has 1 aromatic heterocycles. The molecule has 3 rings (SSSR count). The third-order valence-electron chi connectivity index (χ3n) is 5.41.